The van der Waals surface area contributed by atoms with Crippen molar-refractivity contribution in [2.24, 2.45) is 0 Å². The maximum Gasteiger partial charge on any atom is 0.274 e. The van der Waals surface area contributed by atoms with E-state index in [2.05, 4.69) is 23.5 Å². The zero-order valence-corrected chi connectivity index (χ0v) is 15.7. The first-order valence-electron chi connectivity index (χ1n) is 8.78. The average Bonchev–Trinajstić information content (AvgIpc) is 3.36. The van der Waals surface area contributed by atoms with Gasteiger partial charge in [-0.3, -0.25) is 4.79 Å². The largest absolute Gasteiger partial charge is 0.497 e. The summed E-state index contributed by atoms with van der Waals surface area (Å²) >= 11 is 1.79. The van der Waals surface area contributed by atoms with E-state index in [0.29, 0.717) is 5.69 Å². The van der Waals surface area contributed by atoms with E-state index in [1.165, 1.54) is 10.4 Å². The summed E-state index contributed by atoms with van der Waals surface area (Å²) in [7, 11) is 1.64. The fourth-order valence-corrected chi connectivity index (χ4v) is 4.47. The Balaban J connectivity index is 1.58. The lowest BCUT2D eigenvalue weighted by Gasteiger charge is -2.35. The second-order valence-electron chi connectivity index (χ2n) is 6.32. The molecule has 2 aromatic heterocycles. The molecule has 1 aliphatic heterocycles. The van der Waals surface area contributed by atoms with Crippen molar-refractivity contribution in [1.82, 2.24) is 14.7 Å². The molecule has 0 spiro atoms. The van der Waals surface area contributed by atoms with E-state index >= 15 is 0 Å². The first-order valence-corrected chi connectivity index (χ1v) is 9.66. The molecular formula is C20H21N3O2S. The Morgan fingerprint density at radius 1 is 1.27 bits per heavy atom. The van der Waals surface area contributed by atoms with Crippen molar-refractivity contribution in [3.05, 3.63) is 64.1 Å². The first-order chi connectivity index (χ1) is 12.7. The number of benzene rings is 1. The van der Waals surface area contributed by atoms with Crippen LogP contribution < -0.4 is 4.74 Å². The Labute approximate surface area is 156 Å². The molecule has 5 nitrogen and oxygen atoms in total. The molecule has 4 rings (SSSR count). The predicted octanol–water partition coefficient (Wildman–Crippen LogP) is 4.09. The van der Waals surface area contributed by atoms with Crippen LogP contribution in [0.3, 0.4) is 0 Å². The fourth-order valence-electron chi connectivity index (χ4n) is 3.54. The molecule has 0 fully saturated rings. The van der Waals surface area contributed by atoms with E-state index < -0.39 is 0 Å². The lowest BCUT2D eigenvalue weighted by molar-refractivity contribution is 0.0651. The molecule has 0 N–H and O–H groups in total. The van der Waals surface area contributed by atoms with E-state index in [1.807, 2.05) is 35.4 Å². The number of hydrogen-bond acceptors (Lipinski definition) is 4. The molecule has 134 valence electrons. The molecule has 1 aromatic carbocycles. The van der Waals surface area contributed by atoms with Gasteiger partial charge >= 0.3 is 0 Å². The van der Waals surface area contributed by atoms with Crippen molar-refractivity contribution in [3.63, 3.8) is 0 Å². The molecule has 3 heterocycles. The molecule has 0 aliphatic carbocycles. The third-order valence-electron chi connectivity index (χ3n) is 4.89. The Kier molecular flexibility index (Phi) is 4.51. The number of thiophene rings is 1. The minimum absolute atomic E-state index is 0.000890. The number of carbonyl (C=O) groups is 1. The highest BCUT2D eigenvalue weighted by molar-refractivity contribution is 7.10. The standard InChI is InChI=1S/C20H21N3O2S/c1-3-18-16-10-13-26-19(16)9-11-22(18)20(24)17-8-12-23(21-17)14-4-6-15(25-2)7-5-14/h4-8,10,12-13,18H,3,9,11H2,1-2H3. The smallest absolute Gasteiger partial charge is 0.274 e. The van der Waals surface area contributed by atoms with Crippen LogP contribution in [0.15, 0.2) is 48.0 Å². The van der Waals surface area contributed by atoms with Crippen molar-refractivity contribution in [3.8, 4) is 11.4 Å². The lowest BCUT2D eigenvalue weighted by Crippen LogP contribution is -2.39. The molecule has 1 unspecified atom stereocenters. The van der Waals surface area contributed by atoms with Crippen molar-refractivity contribution in [1.29, 1.82) is 0 Å². The average molecular weight is 367 g/mol. The van der Waals surface area contributed by atoms with Crippen LogP contribution in [0, 0.1) is 0 Å². The third-order valence-corrected chi connectivity index (χ3v) is 5.88. The molecule has 1 atom stereocenters. The topological polar surface area (TPSA) is 47.4 Å². The Hall–Kier alpha value is -2.60. The molecule has 0 radical (unpaired) electrons. The number of nitrogens with zero attached hydrogens (tertiary/aromatic N) is 3. The van der Waals surface area contributed by atoms with Gasteiger partial charge in [0.05, 0.1) is 18.8 Å². The minimum Gasteiger partial charge on any atom is -0.497 e. The van der Waals surface area contributed by atoms with Crippen LogP contribution in [0.5, 0.6) is 5.75 Å². The molecule has 1 amide bonds. The van der Waals surface area contributed by atoms with Crippen LogP contribution in [0.1, 0.15) is 40.3 Å². The Bertz CT molecular complexity index is 913. The minimum atomic E-state index is 0.000890. The molecular weight excluding hydrogens is 346 g/mol. The number of carbonyl (C=O) groups excluding carboxylic acids is 1. The van der Waals surface area contributed by atoms with Crippen molar-refractivity contribution < 1.29 is 9.53 Å². The highest BCUT2D eigenvalue weighted by Crippen LogP contribution is 2.35. The zero-order chi connectivity index (χ0) is 18.1. The van der Waals surface area contributed by atoms with E-state index in [0.717, 1.165) is 30.8 Å². The fraction of sp³-hybridized carbons (Fsp3) is 0.300. The second-order valence-corrected chi connectivity index (χ2v) is 7.32. The number of hydrogen-bond donors (Lipinski definition) is 0. The van der Waals surface area contributed by atoms with Gasteiger partial charge in [-0.15, -0.1) is 11.3 Å². The number of fused-ring (bicyclic) bond motifs is 1. The van der Waals surface area contributed by atoms with Gasteiger partial charge in [-0.05, 0) is 60.2 Å². The van der Waals surface area contributed by atoms with Gasteiger partial charge in [0, 0.05) is 17.6 Å². The molecule has 6 heteroatoms. The first kappa shape index (κ1) is 16.8. The van der Waals surface area contributed by atoms with E-state index in [1.54, 1.807) is 29.2 Å². The van der Waals surface area contributed by atoms with Crippen molar-refractivity contribution in [2.75, 3.05) is 13.7 Å². The lowest BCUT2D eigenvalue weighted by atomic mass is 9.97. The maximum absolute atomic E-state index is 13.1. The van der Waals surface area contributed by atoms with Crippen molar-refractivity contribution >= 4 is 17.2 Å². The summed E-state index contributed by atoms with van der Waals surface area (Å²) in [5.41, 5.74) is 2.68. The quantitative estimate of drug-likeness (QED) is 0.698. The molecule has 0 bridgehead atoms. The van der Waals surface area contributed by atoms with Gasteiger partial charge in [-0.25, -0.2) is 4.68 Å². The van der Waals surface area contributed by atoms with Gasteiger partial charge in [-0.1, -0.05) is 6.92 Å². The summed E-state index contributed by atoms with van der Waals surface area (Å²) in [6.45, 7) is 2.88. The maximum atomic E-state index is 13.1. The van der Waals surface area contributed by atoms with E-state index in [-0.39, 0.29) is 11.9 Å². The third kappa shape index (κ3) is 2.90. The van der Waals surface area contributed by atoms with Gasteiger partial charge in [0.1, 0.15) is 5.75 Å². The SMILES string of the molecule is CCC1c2ccsc2CCN1C(=O)c1ccn(-c2ccc(OC)cc2)n1. The van der Waals surface area contributed by atoms with Gasteiger partial charge in [-0.2, -0.15) is 5.10 Å². The van der Waals surface area contributed by atoms with Crippen LogP contribution in [-0.4, -0.2) is 34.2 Å². The normalized spacial score (nSPS) is 16.4. The van der Waals surface area contributed by atoms with Crippen LogP contribution in [0.25, 0.3) is 5.69 Å². The molecule has 26 heavy (non-hydrogen) atoms. The zero-order valence-electron chi connectivity index (χ0n) is 14.9. The summed E-state index contributed by atoms with van der Waals surface area (Å²) in [6.07, 6.45) is 3.67. The number of amides is 1. The molecule has 0 saturated carbocycles. The second kappa shape index (κ2) is 6.96. The number of rotatable bonds is 4. The summed E-state index contributed by atoms with van der Waals surface area (Å²) in [5, 5.41) is 6.64. The van der Waals surface area contributed by atoms with Gasteiger partial charge in [0.2, 0.25) is 0 Å². The molecule has 1 aliphatic rings. The highest BCUT2D eigenvalue weighted by Gasteiger charge is 2.31. The summed E-state index contributed by atoms with van der Waals surface area (Å²) in [5.74, 6) is 0.795. The van der Waals surface area contributed by atoms with Crippen LogP contribution in [-0.2, 0) is 6.42 Å². The van der Waals surface area contributed by atoms with Crippen LogP contribution in [0.2, 0.25) is 0 Å². The summed E-state index contributed by atoms with van der Waals surface area (Å²) in [6, 6.07) is 11.7. The molecule has 3 aromatic rings. The Morgan fingerprint density at radius 2 is 2.08 bits per heavy atom. The number of ether oxygens (including phenoxy) is 1. The molecule has 0 saturated heterocycles. The summed E-state index contributed by atoms with van der Waals surface area (Å²) < 4.78 is 6.91. The van der Waals surface area contributed by atoms with Crippen LogP contribution in [0.4, 0.5) is 0 Å². The number of methoxy groups -OCH3 is 1. The van der Waals surface area contributed by atoms with Crippen molar-refractivity contribution in [2.45, 2.75) is 25.8 Å². The number of aromatic nitrogens is 2. The highest BCUT2D eigenvalue weighted by atomic mass is 32.1. The van der Waals surface area contributed by atoms with Gasteiger partial charge < -0.3 is 9.64 Å². The van der Waals surface area contributed by atoms with E-state index in [9.17, 15) is 4.79 Å². The van der Waals surface area contributed by atoms with Crippen LogP contribution >= 0.6 is 11.3 Å². The monoisotopic (exact) mass is 367 g/mol. The van der Waals surface area contributed by atoms with E-state index in [4.69, 9.17) is 4.74 Å². The van der Waals surface area contributed by atoms with Gasteiger partial charge in [0.25, 0.3) is 5.91 Å². The Morgan fingerprint density at radius 3 is 2.81 bits per heavy atom. The van der Waals surface area contributed by atoms with Gasteiger partial charge in [0.15, 0.2) is 5.69 Å². The summed E-state index contributed by atoms with van der Waals surface area (Å²) in [4.78, 5) is 16.5. The predicted molar refractivity (Wildman–Crippen MR) is 102 cm³/mol.